The third-order valence-electron chi connectivity index (χ3n) is 5.64. The van der Waals surface area contributed by atoms with Crippen LogP contribution >= 0.6 is 0 Å². The van der Waals surface area contributed by atoms with Crippen LogP contribution in [0.3, 0.4) is 0 Å². The Morgan fingerprint density at radius 2 is 1.97 bits per heavy atom. The smallest absolute Gasteiger partial charge is 0.211 e. The molecule has 2 rings (SSSR count). The number of sulfonamides is 1. The Kier molecular flexibility index (Phi) is 9.00. The van der Waals surface area contributed by atoms with Crippen molar-refractivity contribution >= 4 is 10.0 Å². The van der Waals surface area contributed by atoms with Crippen LogP contribution in [0.4, 0.5) is 4.39 Å². The van der Waals surface area contributed by atoms with Gasteiger partial charge in [-0.15, -0.1) is 0 Å². The van der Waals surface area contributed by atoms with E-state index in [9.17, 15) is 17.9 Å². The summed E-state index contributed by atoms with van der Waals surface area (Å²) < 4.78 is 40.3. The van der Waals surface area contributed by atoms with Crippen LogP contribution in [0, 0.1) is 11.7 Å². The van der Waals surface area contributed by atoms with Crippen LogP contribution in [0.25, 0.3) is 0 Å². The number of aliphatic hydroxyl groups is 1. The molecule has 0 amide bonds. The van der Waals surface area contributed by atoms with E-state index in [1.165, 1.54) is 12.3 Å². The van der Waals surface area contributed by atoms with Crippen molar-refractivity contribution in [1.82, 2.24) is 15.0 Å². The van der Waals surface area contributed by atoms with Crippen molar-refractivity contribution in [2.24, 2.45) is 5.92 Å². The number of rotatable bonds is 11. The number of aromatic nitrogens is 1. The second-order valence-electron chi connectivity index (χ2n) is 8.93. The molecule has 0 saturated heterocycles. The van der Waals surface area contributed by atoms with Gasteiger partial charge in [-0.3, -0.25) is 4.98 Å². The zero-order valence-corrected chi connectivity index (χ0v) is 18.6. The third-order valence-corrected chi connectivity index (χ3v) is 7.16. The molecule has 3 N–H and O–H groups in total. The van der Waals surface area contributed by atoms with E-state index < -0.39 is 21.9 Å². The summed E-state index contributed by atoms with van der Waals surface area (Å²) in [4.78, 5) is 3.78. The Labute approximate surface area is 174 Å². The highest BCUT2D eigenvalue weighted by atomic mass is 32.2. The highest BCUT2D eigenvalue weighted by Crippen LogP contribution is 2.31. The van der Waals surface area contributed by atoms with Crippen LogP contribution in [-0.2, 0) is 10.0 Å². The molecule has 0 bridgehead atoms. The van der Waals surface area contributed by atoms with Crippen molar-refractivity contribution < 1.29 is 17.9 Å². The molecule has 0 spiro atoms. The Morgan fingerprint density at radius 3 is 2.59 bits per heavy atom. The second-order valence-corrected chi connectivity index (χ2v) is 10.8. The average molecular weight is 430 g/mol. The monoisotopic (exact) mass is 429 g/mol. The summed E-state index contributed by atoms with van der Waals surface area (Å²) in [5.41, 5.74) is 0.282. The standard InChI is InChI=1S/C21H36FN3O3S/c1-4-5-10-29(27,28)25-19-8-6-16(7-9-19)12-21(2,3)24-15-20(26)17-11-18(22)14-23-13-17/h11,13-14,16,19-20,24-26H,4-10,12,15H2,1-3H3/t16?,19?,20-/m0/s1. The van der Waals surface area contributed by atoms with Gasteiger partial charge in [0, 0.05) is 29.9 Å². The molecule has 0 unspecified atom stereocenters. The summed E-state index contributed by atoms with van der Waals surface area (Å²) in [7, 11) is -3.17. The fourth-order valence-electron chi connectivity index (χ4n) is 4.03. The van der Waals surface area contributed by atoms with Gasteiger partial charge >= 0.3 is 0 Å². The molecule has 0 aliphatic heterocycles. The minimum absolute atomic E-state index is 0.0477. The maximum Gasteiger partial charge on any atom is 0.211 e. The number of nitrogens with one attached hydrogen (secondary N) is 2. The molecule has 1 atom stereocenters. The van der Waals surface area contributed by atoms with Crippen molar-refractivity contribution in [2.45, 2.75) is 83.4 Å². The summed E-state index contributed by atoms with van der Waals surface area (Å²) in [6.45, 7) is 6.52. The van der Waals surface area contributed by atoms with Gasteiger partial charge in [0.15, 0.2) is 0 Å². The number of hydrogen-bond acceptors (Lipinski definition) is 5. The minimum Gasteiger partial charge on any atom is -0.387 e. The summed E-state index contributed by atoms with van der Waals surface area (Å²) >= 11 is 0. The van der Waals surface area contributed by atoms with Crippen LogP contribution < -0.4 is 10.0 Å². The second kappa shape index (κ2) is 10.8. The molecule has 1 aromatic heterocycles. The van der Waals surface area contributed by atoms with E-state index in [0.29, 0.717) is 24.4 Å². The molecule has 8 heteroatoms. The fraction of sp³-hybridized carbons (Fsp3) is 0.762. The normalized spacial score (nSPS) is 21.8. The molecule has 6 nitrogen and oxygen atoms in total. The van der Waals surface area contributed by atoms with Gasteiger partial charge in [-0.1, -0.05) is 13.3 Å². The van der Waals surface area contributed by atoms with E-state index in [4.69, 9.17) is 0 Å². The van der Waals surface area contributed by atoms with Crippen molar-refractivity contribution in [2.75, 3.05) is 12.3 Å². The van der Waals surface area contributed by atoms with Gasteiger partial charge in [0.1, 0.15) is 5.82 Å². The largest absolute Gasteiger partial charge is 0.387 e. The minimum atomic E-state index is -3.17. The Balaban J connectivity index is 1.75. The molecule has 1 aliphatic carbocycles. The predicted octanol–water partition coefficient (Wildman–Crippen LogP) is 3.29. The van der Waals surface area contributed by atoms with E-state index in [-0.39, 0.29) is 17.3 Å². The lowest BCUT2D eigenvalue weighted by molar-refractivity contribution is 0.149. The van der Waals surface area contributed by atoms with E-state index >= 15 is 0 Å². The zero-order chi connectivity index (χ0) is 21.5. The van der Waals surface area contributed by atoms with Gasteiger partial charge < -0.3 is 10.4 Å². The first-order valence-electron chi connectivity index (χ1n) is 10.6. The predicted molar refractivity (Wildman–Crippen MR) is 113 cm³/mol. The van der Waals surface area contributed by atoms with Crippen molar-refractivity contribution in [1.29, 1.82) is 0 Å². The fourth-order valence-corrected chi connectivity index (χ4v) is 5.56. The molecular formula is C21H36FN3O3S. The summed E-state index contributed by atoms with van der Waals surface area (Å²) in [5, 5.41) is 13.7. The molecule has 1 aliphatic rings. The Bertz CT molecular complexity index is 734. The number of pyridine rings is 1. The van der Waals surface area contributed by atoms with Crippen LogP contribution in [0.1, 0.15) is 77.4 Å². The first-order chi connectivity index (χ1) is 13.6. The third kappa shape index (κ3) is 8.66. The van der Waals surface area contributed by atoms with E-state index in [1.54, 1.807) is 0 Å². The molecule has 1 saturated carbocycles. The molecule has 29 heavy (non-hydrogen) atoms. The SMILES string of the molecule is CCCCS(=O)(=O)NC1CCC(CC(C)(C)NC[C@H](O)c2cncc(F)c2)CC1. The van der Waals surface area contributed by atoms with Gasteiger partial charge in [-0.25, -0.2) is 17.5 Å². The number of unbranched alkanes of at least 4 members (excludes halogenated alkanes) is 1. The molecule has 1 heterocycles. The first kappa shape index (κ1) is 24.2. The van der Waals surface area contributed by atoms with Gasteiger partial charge in [-0.2, -0.15) is 0 Å². The number of nitrogens with zero attached hydrogens (tertiary/aromatic N) is 1. The summed E-state index contributed by atoms with van der Waals surface area (Å²) in [6.07, 6.45) is 8.00. The molecule has 0 radical (unpaired) electrons. The Hall–Kier alpha value is -1.09. The van der Waals surface area contributed by atoms with Crippen molar-refractivity contribution in [3.05, 3.63) is 29.8 Å². The topological polar surface area (TPSA) is 91.3 Å². The van der Waals surface area contributed by atoms with Crippen molar-refractivity contribution in [3.63, 3.8) is 0 Å². The quantitative estimate of drug-likeness (QED) is 0.502. The maximum atomic E-state index is 13.3. The summed E-state index contributed by atoms with van der Waals surface area (Å²) in [6, 6.07) is 1.35. The van der Waals surface area contributed by atoms with Crippen LogP contribution in [0.5, 0.6) is 0 Å². The molecular weight excluding hydrogens is 393 g/mol. The molecule has 0 aromatic carbocycles. The number of aliphatic hydroxyl groups excluding tert-OH is 1. The summed E-state index contributed by atoms with van der Waals surface area (Å²) in [5.74, 6) is 0.272. The van der Waals surface area contributed by atoms with Crippen molar-refractivity contribution in [3.8, 4) is 0 Å². The first-order valence-corrected chi connectivity index (χ1v) is 12.3. The number of hydrogen-bond donors (Lipinski definition) is 3. The maximum absolute atomic E-state index is 13.3. The van der Waals surface area contributed by atoms with Gasteiger partial charge in [0.2, 0.25) is 10.0 Å². The van der Waals surface area contributed by atoms with Crippen LogP contribution in [0.15, 0.2) is 18.5 Å². The lowest BCUT2D eigenvalue weighted by Crippen LogP contribution is -2.44. The number of β-amino-alcohol motifs (C(OH)–C–C–N with tert-alkyl or cyclic N) is 1. The molecule has 1 fully saturated rings. The lowest BCUT2D eigenvalue weighted by Gasteiger charge is -2.35. The molecule has 166 valence electrons. The molecule has 1 aromatic rings. The number of halogens is 1. The van der Waals surface area contributed by atoms with Gasteiger partial charge in [0.05, 0.1) is 18.1 Å². The van der Waals surface area contributed by atoms with E-state index in [2.05, 4.69) is 28.9 Å². The van der Waals surface area contributed by atoms with Gasteiger partial charge in [0.25, 0.3) is 0 Å². The zero-order valence-electron chi connectivity index (χ0n) is 17.8. The average Bonchev–Trinajstić information content (AvgIpc) is 2.66. The van der Waals surface area contributed by atoms with E-state index in [0.717, 1.165) is 44.7 Å². The highest BCUT2D eigenvalue weighted by Gasteiger charge is 2.29. The highest BCUT2D eigenvalue weighted by molar-refractivity contribution is 7.89. The van der Waals surface area contributed by atoms with Crippen LogP contribution in [0.2, 0.25) is 0 Å². The van der Waals surface area contributed by atoms with E-state index in [1.807, 2.05) is 6.92 Å². The van der Waals surface area contributed by atoms with Crippen LogP contribution in [-0.4, -0.2) is 42.4 Å². The Morgan fingerprint density at radius 1 is 1.28 bits per heavy atom. The lowest BCUT2D eigenvalue weighted by atomic mass is 9.79. The van der Waals surface area contributed by atoms with Gasteiger partial charge in [-0.05, 0) is 64.4 Å².